The number of aromatic nitrogens is 4. The van der Waals surface area contributed by atoms with Crippen molar-refractivity contribution in [1.29, 1.82) is 0 Å². The fourth-order valence-corrected chi connectivity index (χ4v) is 9.44. The van der Waals surface area contributed by atoms with Crippen molar-refractivity contribution in [3.05, 3.63) is 59.2 Å². The Labute approximate surface area is 327 Å². The Morgan fingerprint density at radius 3 is 2.37 bits per heavy atom. The summed E-state index contributed by atoms with van der Waals surface area (Å²) in [6.45, 7) is 12.5. The van der Waals surface area contributed by atoms with Crippen LogP contribution in [0.1, 0.15) is 107 Å². The molecule has 3 aliphatic carbocycles. The van der Waals surface area contributed by atoms with Crippen LogP contribution in [0.5, 0.6) is 0 Å². The molecule has 1 unspecified atom stereocenters. The molecular weight excluding hydrogens is 744 g/mol. The maximum atomic E-state index is 15.7. The SMILES string of the molecule is Cc1c(C(=O)NC2(C(F)F)CC2)cc(Nc2nc(-c3cnc4c(c3)N(C3CC(C)(N5CCC(F)C6(CC6)C5)C3)C(=O)C4(C)C)cc3ncn(C(C)C)c23)c(F)c1F. The number of anilines is 3. The number of halogens is 5. The predicted molar refractivity (Wildman–Crippen MR) is 206 cm³/mol. The number of benzene rings is 1. The molecule has 0 radical (unpaired) electrons. The number of hydrogen-bond acceptors (Lipinski definition) is 7. The number of nitrogens with one attached hydrogen (secondary N) is 2. The second-order valence-electron chi connectivity index (χ2n) is 18.2. The molecule has 10 nitrogen and oxygen atoms in total. The summed E-state index contributed by atoms with van der Waals surface area (Å²) < 4.78 is 75.2. The average Bonchev–Trinajstić information content (AvgIpc) is 4.06. The molecule has 1 saturated heterocycles. The van der Waals surface area contributed by atoms with Gasteiger partial charge < -0.3 is 20.1 Å². The molecular formula is C42H47F5N8O2. The van der Waals surface area contributed by atoms with E-state index in [9.17, 15) is 22.8 Å². The van der Waals surface area contributed by atoms with E-state index in [1.54, 1.807) is 18.6 Å². The quantitative estimate of drug-likeness (QED) is 0.164. The first-order valence-electron chi connectivity index (χ1n) is 19.9. The summed E-state index contributed by atoms with van der Waals surface area (Å²) in [5, 5.41) is 5.25. The summed E-state index contributed by atoms with van der Waals surface area (Å²) in [6, 6.07) is 4.58. The van der Waals surface area contributed by atoms with Gasteiger partial charge in [0, 0.05) is 59.0 Å². The van der Waals surface area contributed by atoms with Crippen LogP contribution in [0, 0.1) is 24.0 Å². The topological polar surface area (TPSA) is 108 Å². The molecule has 5 aliphatic rings. The summed E-state index contributed by atoms with van der Waals surface area (Å²) in [6.07, 6.45) is 3.77. The maximum absolute atomic E-state index is 15.7. The van der Waals surface area contributed by atoms with Crippen LogP contribution in [0.2, 0.25) is 0 Å². The number of nitrogens with zero attached hydrogens (tertiary/aromatic N) is 6. The summed E-state index contributed by atoms with van der Waals surface area (Å²) in [4.78, 5) is 46.0. The lowest BCUT2D eigenvalue weighted by atomic mass is 9.70. The average molecular weight is 791 g/mol. The van der Waals surface area contributed by atoms with E-state index in [2.05, 4.69) is 27.4 Å². The van der Waals surface area contributed by atoms with Gasteiger partial charge in [-0.3, -0.25) is 19.5 Å². The van der Waals surface area contributed by atoms with E-state index < -0.39 is 46.8 Å². The van der Waals surface area contributed by atoms with E-state index in [0.29, 0.717) is 46.6 Å². The molecule has 5 heterocycles. The minimum Gasteiger partial charge on any atom is -0.341 e. The van der Waals surface area contributed by atoms with Crippen LogP contribution in [0.15, 0.2) is 30.7 Å². The number of alkyl halides is 3. The molecule has 3 saturated carbocycles. The van der Waals surface area contributed by atoms with Gasteiger partial charge in [-0.25, -0.2) is 31.9 Å². The number of rotatable bonds is 9. The highest BCUT2D eigenvalue weighted by Gasteiger charge is 2.59. The first-order valence-corrected chi connectivity index (χ1v) is 19.9. The molecule has 9 rings (SSSR count). The fourth-order valence-electron chi connectivity index (χ4n) is 9.44. The fraction of sp³-hybridized carbons (Fsp3) is 0.548. The summed E-state index contributed by atoms with van der Waals surface area (Å²) >= 11 is 0. The number of pyridine rings is 2. The van der Waals surface area contributed by atoms with E-state index in [4.69, 9.17) is 9.97 Å². The van der Waals surface area contributed by atoms with Crippen LogP contribution in [-0.2, 0) is 10.2 Å². The summed E-state index contributed by atoms with van der Waals surface area (Å²) in [5.41, 5.74) is -0.654. The molecule has 4 aromatic rings. The number of likely N-dealkylation sites (tertiary alicyclic amines) is 1. The van der Waals surface area contributed by atoms with Gasteiger partial charge in [-0.2, -0.15) is 0 Å². The zero-order valence-electron chi connectivity index (χ0n) is 32.9. The van der Waals surface area contributed by atoms with Gasteiger partial charge in [0.2, 0.25) is 5.91 Å². The highest BCUT2D eigenvalue weighted by Crippen LogP contribution is 2.57. The van der Waals surface area contributed by atoms with Crippen molar-refractivity contribution >= 4 is 40.0 Å². The Kier molecular flexibility index (Phi) is 8.42. The first kappa shape index (κ1) is 37.9. The molecule has 2 aliphatic heterocycles. The molecule has 302 valence electrons. The van der Waals surface area contributed by atoms with Crippen molar-refractivity contribution < 1.29 is 31.5 Å². The Bertz CT molecular complexity index is 2350. The summed E-state index contributed by atoms with van der Waals surface area (Å²) in [5.74, 6) is -3.42. The second-order valence-corrected chi connectivity index (χ2v) is 18.2. The third kappa shape index (κ3) is 5.84. The number of hydrogen-bond donors (Lipinski definition) is 2. The maximum Gasteiger partial charge on any atom is 0.261 e. The highest BCUT2D eigenvalue weighted by molar-refractivity contribution is 6.08. The van der Waals surface area contributed by atoms with Gasteiger partial charge in [0.1, 0.15) is 17.2 Å². The zero-order valence-corrected chi connectivity index (χ0v) is 32.9. The molecule has 57 heavy (non-hydrogen) atoms. The Morgan fingerprint density at radius 2 is 1.72 bits per heavy atom. The van der Waals surface area contributed by atoms with Crippen molar-refractivity contribution in [3.63, 3.8) is 0 Å². The molecule has 4 fully saturated rings. The van der Waals surface area contributed by atoms with Crippen LogP contribution in [0.3, 0.4) is 0 Å². The van der Waals surface area contributed by atoms with Crippen LogP contribution in [-0.4, -0.2) is 79.0 Å². The van der Waals surface area contributed by atoms with Crippen molar-refractivity contribution in [2.75, 3.05) is 23.3 Å². The number of fused-ring (bicyclic) bond motifs is 2. The monoisotopic (exact) mass is 790 g/mol. The Hall–Kier alpha value is -4.66. The van der Waals surface area contributed by atoms with Crippen LogP contribution < -0.4 is 15.5 Å². The third-order valence-electron chi connectivity index (χ3n) is 13.6. The number of amides is 2. The lowest BCUT2D eigenvalue weighted by molar-refractivity contribution is -0.124. The molecule has 1 aromatic carbocycles. The lowest BCUT2D eigenvalue weighted by Crippen LogP contribution is -2.65. The highest BCUT2D eigenvalue weighted by atomic mass is 19.3. The smallest absolute Gasteiger partial charge is 0.261 e. The van der Waals surface area contributed by atoms with Crippen LogP contribution in [0.4, 0.5) is 39.1 Å². The van der Waals surface area contributed by atoms with Gasteiger partial charge in [0.15, 0.2) is 17.5 Å². The van der Waals surface area contributed by atoms with Gasteiger partial charge in [-0.05, 0) is 105 Å². The van der Waals surface area contributed by atoms with Gasteiger partial charge >= 0.3 is 0 Å². The molecule has 1 atom stereocenters. The van der Waals surface area contributed by atoms with Crippen LogP contribution >= 0.6 is 0 Å². The van der Waals surface area contributed by atoms with Gasteiger partial charge in [-0.15, -0.1) is 0 Å². The van der Waals surface area contributed by atoms with E-state index in [1.807, 2.05) is 43.2 Å². The number of carbonyl (C=O) groups excluding carboxylic acids is 2. The normalized spacial score (nSPS) is 25.6. The number of carbonyl (C=O) groups is 2. The third-order valence-corrected chi connectivity index (χ3v) is 13.6. The van der Waals surface area contributed by atoms with E-state index >= 15 is 8.78 Å². The minimum absolute atomic E-state index is 0.0466. The standard InChI is InChI=1S/C42H47F5N8O2/c1-21(2)54-20-49-28-15-26(50-35(33(28)54)51-27-14-25(22(3)31(44)32(27)45)36(56)52-42(10-11-42)37(46)47)23-13-29-34(48-18-23)39(4,5)38(57)55(29)24-16-40(6,17-24)53-12-7-30(43)41(19-53)8-9-41/h13-15,18,20-21,24,30,37H,7-12,16-17,19H2,1-6H3,(H,50,51)(H,52,56). The molecule has 3 aromatic heterocycles. The molecule has 2 N–H and O–H groups in total. The molecule has 15 heteroatoms. The second kappa shape index (κ2) is 12.7. The van der Waals surface area contributed by atoms with Crippen molar-refractivity contribution in [2.24, 2.45) is 5.41 Å². The summed E-state index contributed by atoms with van der Waals surface area (Å²) in [7, 11) is 0. The molecule has 2 amide bonds. The zero-order chi connectivity index (χ0) is 40.6. The number of piperidine rings is 1. The van der Waals surface area contributed by atoms with E-state index in [-0.39, 0.29) is 58.7 Å². The van der Waals surface area contributed by atoms with Crippen molar-refractivity contribution in [3.8, 4) is 11.3 Å². The van der Waals surface area contributed by atoms with Crippen molar-refractivity contribution in [2.45, 2.75) is 128 Å². The molecule has 0 bridgehead atoms. The minimum atomic E-state index is -2.80. The van der Waals surface area contributed by atoms with Gasteiger partial charge in [0.05, 0.1) is 40.0 Å². The van der Waals surface area contributed by atoms with Gasteiger partial charge in [0.25, 0.3) is 12.3 Å². The largest absolute Gasteiger partial charge is 0.341 e. The first-order chi connectivity index (χ1) is 26.9. The van der Waals surface area contributed by atoms with E-state index in [1.165, 1.54) is 6.92 Å². The number of imidazole rings is 1. The van der Waals surface area contributed by atoms with E-state index in [0.717, 1.165) is 38.3 Å². The predicted octanol–water partition coefficient (Wildman–Crippen LogP) is 8.30. The van der Waals surface area contributed by atoms with Crippen LogP contribution in [0.25, 0.3) is 22.3 Å². The lowest BCUT2D eigenvalue weighted by Gasteiger charge is -2.57. The van der Waals surface area contributed by atoms with Gasteiger partial charge in [-0.1, -0.05) is 0 Å². The Balaban J connectivity index is 1.06. The Morgan fingerprint density at radius 1 is 1.00 bits per heavy atom. The molecule has 1 spiro atoms. The van der Waals surface area contributed by atoms with Crippen molar-refractivity contribution in [1.82, 2.24) is 29.7 Å².